The summed E-state index contributed by atoms with van der Waals surface area (Å²) in [7, 11) is 0. The van der Waals surface area contributed by atoms with Gasteiger partial charge in [-0.15, -0.1) is 0 Å². The molecule has 1 heterocycles. The Morgan fingerprint density at radius 3 is 2.48 bits per heavy atom. The van der Waals surface area contributed by atoms with Crippen molar-refractivity contribution in [3.05, 3.63) is 107 Å². The van der Waals surface area contributed by atoms with Crippen LogP contribution < -0.4 is 4.57 Å². The van der Waals surface area contributed by atoms with Gasteiger partial charge in [0.05, 0.1) is 13.0 Å². The fourth-order valence-electron chi connectivity index (χ4n) is 2.75. The molecule has 0 radical (unpaired) electrons. The predicted octanol–water partition coefficient (Wildman–Crippen LogP) is 4.47. The van der Waals surface area contributed by atoms with Crippen LogP contribution in [-0.4, -0.2) is 0 Å². The Balaban J connectivity index is 1.88. The molecule has 0 spiro atoms. The highest BCUT2D eigenvalue weighted by atomic mass is 14.9. The molecule has 0 amide bonds. The Labute approximate surface area is 137 Å². The average molecular weight is 299 g/mol. The van der Waals surface area contributed by atoms with Crippen LogP contribution in [0.1, 0.15) is 22.4 Å². The Hall–Kier alpha value is -2.92. The average Bonchev–Trinajstić information content (AvgIpc) is 2.59. The van der Waals surface area contributed by atoms with Gasteiger partial charge in [0, 0.05) is 17.7 Å². The molecule has 0 aliphatic carbocycles. The zero-order chi connectivity index (χ0) is 16.1. The summed E-state index contributed by atoms with van der Waals surface area (Å²) in [5.41, 5.74) is 5.72. The molecule has 0 aliphatic heterocycles. The standard InChI is InChI=1S/C21H19N2/c1-17-14-20(22-2)12-11-19(17)15-21-10-6-7-13-23(21)16-18-8-4-3-5-9-18/h3-14H,15-16H2,1H3/q+1. The highest BCUT2D eigenvalue weighted by molar-refractivity contribution is 5.49. The molecule has 2 heteroatoms. The Kier molecular flexibility index (Phi) is 4.49. The van der Waals surface area contributed by atoms with Gasteiger partial charge in [-0.1, -0.05) is 60.2 Å². The lowest BCUT2D eigenvalue weighted by Gasteiger charge is -2.07. The van der Waals surface area contributed by atoms with Gasteiger partial charge in [-0.3, -0.25) is 0 Å². The van der Waals surface area contributed by atoms with Crippen LogP contribution in [0.2, 0.25) is 0 Å². The van der Waals surface area contributed by atoms with E-state index in [2.05, 4.69) is 71.1 Å². The topological polar surface area (TPSA) is 8.24 Å². The van der Waals surface area contributed by atoms with E-state index in [0.29, 0.717) is 5.69 Å². The molecule has 0 unspecified atom stereocenters. The molecule has 3 rings (SSSR count). The highest BCUT2D eigenvalue weighted by Gasteiger charge is 2.12. The largest absolute Gasteiger partial charge is 0.238 e. The summed E-state index contributed by atoms with van der Waals surface area (Å²) in [4.78, 5) is 3.50. The van der Waals surface area contributed by atoms with Crippen LogP contribution in [0, 0.1) is 13.5 Å². The molecule has 0 saturated carbocycles. The number of hydrogen-bond donors (Lipinski definition) is 0. The van der Waals surface area contributed by atoms with E-state index in [9.17, 15) is 0 Å². The second-order valence-corrected chi connectivity index (χ2v) is 5.70. The number of rotatable bonds is 4. The molecule has 0 aliphatic rings. The van der Waals surface area contributed by atoms with Gasteiger partial charge < -0.3 is 0 Å². The highest BCUT2D eigenvalue weighted by Crippen LogP contribution is 2.19. The monoisotopic (exact) mass is 299 g/mol. The van der Waals surface area contributed by atoms with Gasteiger partial charge in [-0.2, -0.15) is 4.57 Å². The molecule has 0 N–H and O–H groups in total. The number of hydrogen-bond acceptors (Lipinski definition) is 0. The quantitative estimate of drug-likeness (QED) is 0.496. The summed E-state index contributed by atoms with van der Waals surface area (Å²) in [6, 6.07) is 22.8. The van der Waals surface area contributed by atoms with Crippen LogP contribution in [0.4, 0.5) is 5.69 Å². The van der Waals surface area contributed by atoms with Crippen LogP contribution in [0.5, 0.6) is 0 Å². The van der Waals surface area contributed by atoms with E-state index in [1.807, 2.05) is 18.2 Å². The van der Waals surface area contributed by atoms with E-state index in [1.165, 1.54) is 22.4 Å². The second kappa shape index (κ2) is 6.89. The third-order valence-corrected chi connectivity index (χ3v) is 4.06. The lowest BCUT2D eigenvalue weighted by molar-refractivity contribution is -0.695. The first-order valence-electron chi connectivity index (χ1n) is 7.74. The van der Waals surface area contributed by atoms with E-state index in [1.54, 1.807) is 0 Å². The molecule has 0 fully saturated rings. The van der Waals surface area contributed by atoms with E-state index >= 15 is 0 Å². The van der Waals surface area contributed by atoms with Gasteiger partial charge in [0.25, 0.3) is 0 Å². The van der Waals surface area contributed by atoms with Gasteiger partial charge in [0.1, 0.15) is 0 Å². The molecule has 0 bridgehead atoms. The lowest BCUT2D eigenvalue weighted by Crippen LogP contribution is -2.38. The molecule has 112 valence electrons. The Bertz CT molecular complexity index is 845. The summed E-state index contributed by atoms with van der Waals surface area (Å²) in [6.45, 7) is 10.1. The maximum absolute atomic E-state index is 7.11. The molecule has 2 nitrogen and oxygen atoms in total. The first-order chi connectivity index (χ1) is 11.3. The van der Waals surface area contributed by atoms with Crippen molar-refractivity contribution in [1.82, 2.24) is 0 Å². The van der Waals surface area contributed by atoms with Gasteiger partial charge in [0.2, 0.25) is 0 Å². The first kappa shape index (κ1) is 15.0. The second-order valence-electron chi connectivity index (χ2n) is 5.70. The SMILES string of the molecule is [C-]#[N+]c1ccc(Cc2cccc[n+]2Cc2ccccc2)c(C)c1. The molecule has 3 aromatic rings. The van der Waals surface area contributed by atoms with Crippen LogP contribution in [0.15, 0.2) is 72.9 Å². The van der Waals surface area contributed by atoms with E-state index in [-0.39, 0.29) is 0 Å². The van der Waals surface area contributed by atoms with Crippen molar-refractivity contribution in [2.24, 2.45) is 0 Å². The van der Waals surface area contributed by atoms with E-state index in [4.69, 9.17) is 6.57 Å². The van der Waals surface area contributed by atoms with Crippen molar-refractivity contribution < 1.29 is 4.57 Å². The molecule has 1 aromatic heterocycles. The summed E-state index contributed by atoms with van der Waals surface area (Å²) in [5, 5.41) is 0. The van der Waals surface area contributed by atoms with Crippen molar-refractivity contribution in [3.8, 4) is 0 Å². The van der Waals surface area contributed by atoms with Crippen molar-refractivity contribution in [3.63, 3.8) is 0 Å². The number of aromatic nitrogens is 1. The van der Waals surface area contributed by atoms with Crippen molar-refractivity contribution >= 4 is 5.69 Å². The predicted molar refractivity (Wildman–Crippen MR) is 92.4 cm³/mol. The lowest BCUT2D eigenvalue weighted by atomic mass is 10.0. The summed E-state index contributed by atoms with van der Waals surface area (Å²) < 4.78 is 2.29. The molecule has 23 heavy (non-hydrogen) atoms. The smallest absolute Gasteiger partial charge is 0.187 e. The van der Waals surface area contributed by atoms with Crippen molar-refractivity contribution in [2.45, 2.75) is 19.9 Å². The van der Waals surface area contributed by atoms with Crippen molar-refractivity contribution in [1.29, 1.82) is 0 Å². The fourth-order valence-corrected chi connectivity index (χ4v) is 2.75. The molecule has 0 saturated heterocycles. The fraction of sp³-hybridized carbons (Fsp3) is 0.143. The van der Waals surface area contributed by atoms with Crippen LogP contribution in [-0.2, 0) is 13.0 Å². The van der Waals surface area contributed by atoms with Gasteiger partial charge in [-0.05, 0) is 12.5 Å². The maximum Gasteiger partial charge on any atom is 0.187 e. The molecular weight excluding hydrogens is 280 g/mol. The van der Waals surface area contributed by atoms with E-state index in [0.717, 1.165) is 13.0 Å². The zero-order valence-electron chi connectivity index (χ0n) is 13.2. The third-order valence-electron chi connectivity index (χ3n) is 4.06. The van der Waals surface area contributed by atoms with Gasteiger partial charge in [-0.25, -0.2) is 4.85 Å². The number of aryl methyl sites for hydroxylation is 1. The molecular formula is C21H19N2+. The zero-order valence-corrected chi connectivity index (χ0v) is 13.2. The van der Waals surface area contributed by atoms with Crippen LogP contribution in [0.25, 0.3) is 4.85 Å². The third kappa shape index (κ3) is 3.64. The number of nitrogens with zero attached hydrogens (tertiary/aromatic N) is 2. The minimum absolute atomic E-state index is 0.705. The Morgan fingerprint density at radius 2 is 1.74 bits per heavy atom. The minimum atomic E-state index is 0.705. The number of pyridine rings is 1. The minimum Gasteiger partial charge on any atom is -0.238 e. The summed E-state index contributed by atoms with van der Waals surface area (Å²) in [6.07, 6.45) is 3.00. The van der Waals surface area contributed by atoms with Gasteiger partial charge in [0.15, 0.2) is 24.1 Å². The first-order valence-corrected chi connectivity index (χ1v) is 7.74. The summed E-state index contributed by atoms with van der Waals surface area (Å²) >= 11 is 0. The van der Waals surface area contributed by atoms with Crippen LogP contribution in [0.3, 0.4) is 0 Å². The normalized spacial score (nSPS) is 10.3. The van der Waals surface area contributed by atoms with Gasteiger partial charge >= 0.3 is 0 Å². The molecule has 2 aromatic carbocycles. The van der Waals surface area contributed by atoms with Crippen LogP contribution >= 0.6 is 0 Å². The number of benzene rings is 2. The van der Waals surface area contributed by atoms with Crippen molar-refractivity contribution in [2.75, 3.05) is 0 Å². The Morgan fingerprint density at radius 1 is 0.957 bits per heavy atom. The summed E-state index contributed by atoms with van der Waals surface area (Å²) in [5.74, 6) is 0. The van der Waals surface area contributed by atoms with E-state index < -0.39 is 0 Å². The molecule has 0 atom stereocenters. The maximum atomic E-state index is 7.11.